The number of hydrogen-bond acceptors (Lipinski definition) is 4. The van der Waals surface area contributed by atoms with E-state index in [2.05, 4.69) is 0 Å². The van der Waals surface area contributed by atoms with E-state index in [1.807, 2.05) is 6.07 Å². The first-order valence-corrected chi connectivity index (χ1v) is 4.83. The van der Waals surface area contributed by atoms with Crippen LogP contribution in [0.2, 0.25) is 0 Å². The number of nitrogens with two attached hydrogens (primary N) is 2. The van der Waals surface area contributed by atoms with E-state index >= 15 is 0 Å². The van der Waals surface area contributed by atoms with Crippen molar-refractivity contribution in [2.24, 2.45) is 0 Å². The minimum Gasteiger partial charge on any atom is -0.399 e. The van der Waals surface area contributed by atoms with Crippen LogP contribution in [0.15, 0.2) is 18.2 Å². The molecule has 0 spiro atoms. The van der Waals surface area contributed by atoms with Gasteiger partial charge >= 0.3 is 0 Å². The Labute approximate surface area is 94.2 Å². The zero-order chi connectivity index (χ0) is 12.1. The Kier molecular flexibility index (Phi) is 3.72. The van der Waals surface area contributed by atoms with Crippen molar-refractivity contribution in [2.45, 2.75) is 6.42 Å². The van der Waals surface area contributed by atoms with Gasteiger partial charge in [0, 0.05) is 30.5 Å². The molecule has 5 heteroatoms. The maximum atomic E-state index is 11.9. The molecule has 1 rings (SSSR count). The van der Waals surface area contributed by atoms with Crippen molar-refractivity contribution in [3.05, 3.63) is 23.8 Å². The molecular formula is C11H14N4O. The normalized spacial score (nSPS) is 9.50. The van der Waals surface area contributed by atoms with E-state index in [0.29, 0.717) is 29.9 Å². The molecule has 0 saturated carbocycles. The van der Waals surface area contributed by atoms with E-state index in [-0.39, 0.29) is 5.91 Å². The number of rotatable bonds is 3. The summed E-state index contributed by atoms with van der Waals surface area (Å²) in [4.78, 5) is 13.3. The number of amides is 1. The second kappa shape index (κ2) is 5.03. The molecule has 0 aliphatic rings. The Morgan fingerprint density at radius 2 is 1.94 bits per heavy atom. The Balaban J connectivity index is 2.84. The second-order valence-electron chi connectivity index (χ2n) is 3.52. The van der Waals surface area contributed by atoms with Gasteiger partial charge in [0.1, 0.15) is 0 Å². The highest BCUT2D eigenvalue weighted by atomic mass is 16.2. The summed E-state index contributed by atoms with van der Waals surface area (Å²) >= 11 is 0. The van der Waals surface area contributed by atoms with Crippen LogP contribution in [-0.4, -0.2) is 24.4 Å². The smallest absolute Gasteiger partial charge is 0.253 e. The van der Waals surface area contributed by atoms with Crippen molar-refractivity contribution >= 4 is 17.3 Å². The summed E-state index contributed by atoms with van der Waals surface area (Å²) in [6.07, 6.45) is 0.306. The lowest BCUT2D eigenvalue weighted by Gasteiger charge is -2.15. The van der Waals surface area contributed by atoms with E-state index in [9.17, 15) is 4.79 Å². The van der Waals surface area contributed by atoms with E-state index in [1.165, 1.54) is 4.90 Å². The number of anilines is 2. The molecule has 1 aromatic rings. The van der Waals surface area contributed by atoms with Crippen LogP contribution in [0.4, 0.5) is 11.4 Å². The molecule has 0 heterocycles. The highest BCUT2D eigenvalue weighted by molar-refractivity contribution is 5.95. The third-order valence-corrected chi connectivity index (χ3v) is 2.13. The summed E-state index contributed by atoms with van der Waals surface area (Å²) in [6.45, 7) is 0.393. The van der Waals surface area contributed by atoms with Gasteiger partial charge < -0.3 is 16.4 Å². The van der Waals surface area contributed by atoms with Crippen LogP contribution in [0, 0.1) is 11.3 Å². The molecule has 0 saturated heterocycles. The van der Waals surface area contributed by atoms with Crippen LogP contribution in [0.5, 0.6) is 0 Å². The van der Waals surface area contributed by atoms with E-state index < -0.39 is 0 Å². The lowest BCUT2D eigenvalue weighted by atomic mass is 10.1. The van der Waals surface area contributed by atoms with Gasteiger partial charge in [0.05, 0.1) is 12.5 Å². The lowest BCUT2D eigenvalue weighted by Crippen LogP contribution is -2.27. The molecule has 0 radical (unpaired) electrons. The molecule has 0 bridgehead atoms. The standard InChI is InChI=1S/C11H14N4O/c1-15(4-2-3-12)11(16)8-5-9(13)7-10(14)6-8/h5-7H,2,4,13-14H2,1H3. The Bertz CT molecular complexity index is 416. The highest BCUT2D eigenvalue weighted by Crippen LogP contribution is 2.15. The van der Waals surface area contributed by atoms with E-state index in [0.717, 1.165) is 0 Å². The number of nitriles is 1. The molecule has 0 aliphatic heterocycles. The van der Waals surface area contributed by atoms with Gasteiger partial charge in [0.15, 0.2) is 0 Å². The lowest BCUT2D eigenvalue weighted by molar-refractivity contribution is 0.0798. The van der Waals surface area contributed by atoms with Crippen molar-refractivity contribution < 1.29 is 4.79 Å². The number of hydrogen-bond donors (Lipinski definition) is 2. The zero-order valence-corrected chi connectivity index (χ0v) is 9.10. The van der Waals surface area contributed by atoms with Crippen molar-refractivity contribution in [1.29, 1.82) is 5.26 Å². The molecule has 5 nitrogen and oxygen atoms in total. The fourth-order valence-corrected chi connectivity index (χ4v) is 1.34. The summed E-state index contributed by atoms with van der Waals surface area (Å²) in [5.74, 6) is -0.186. The van der Waals surface area contributed by atoms with Crippen molar-refractivity contribution in [2.75, 3.05) is 25.1 Å². The molecule has 0 fully saturated rings. The fourth-order valence-electron chi connectivity index (χ4n) is 1.34. The van der Waals surface area contributed by atoms with E-state index in [1.54, 1.807) is 25.2 Å². The first-order valence-electron chi connectivity index (χ1n) is 4.83. The van der Waals surface area contributed by atoms with Crippen LogP contribution in [0.1, 0.15) is 16.8 Å². The van der Waals surface area contributed by atoms with Crippen molar-refractivity contribution in [3.8, 4) is 6.07 Å². The molecule has 0 unspecified atom stereocenters. The Hall–Kier alpha value is -2.22. The molecule has 0 atom stereocenters. The van der Waals surface area contributed by atoms with Crippen LogP contribution in [-0.2, 0) is 0 Å². The minimum atomic E-state index is -0.186. The van der Waals surface area contributed by atoms with Gasteiger partial charge in [-0.25, -0.2) is 0 Å². The molecular weight excluding hydrogens is 204 g/mol. The summed E-state index contributed by atoms with van der Waals surface area (Å²) in [7, 11) is 1.64. The molecule has 16 heavy (non-hydrogen) atoms. The SMILES string of the molecule is CN(CCC#N)C(=O)c1cc(N)cc(N)c1. The van der Waals surface area contributed by atoms with Crippen LogP contribution in [0.3, 0.4) is 0 Å². The number of carbonyl (C=O) groups is 1. The summed E-state index contributed by atoms with van der Waals surface area (Å²) in [5.41, 5.74) is 12.5. The summed E-state index contributed by atoms with van der Waals surface area (Å²) in [5, 5.41) is 8.43. The first-order chi connectivity index (χ1) is 7.54. The quantitative estimate of drug-likeness (QED) is 0.734. The number of carbonyl (C=O) groups excluding carboxylic acids is 1. The van der Waals surface area contributed by atoms with Gasteiger partial charge in [-0.3, -0.25) is 4.79 Å². The Morgan fingerprint density at radius 1 is 1.38 bits per heavy atom. The highest BCUT2D eigenvalue weighted by Gasteiger charge is 2.12. The van der Waals surface area contributed by atoms with Gasteiger partial charge in [0.2, 0.25) is 0 Å². The largest absolute Gasteiger partial charge is 0.399 e. The van der Waals surface area contributed by atoms with Gasteiger partial charge in [-0.15, -0.1) is 0 Å². The average molecular weight is 218 g/mol. The summed E-state index contributed by atoms with van der Waals surface area (Å²) in [6, 6.07) is 6.72. The third kappa shape index (κ3) is 2.89. The van der Waals surface area contributed by atoms with Gasteiger partial charge in [-0.2, -0.15) is 5.26 Å². The maximum Gasteiger partial charge on any atom is 0.253 e. The fraction of sp³-hybridized carbons (Fsp3) is 0.273. The average Bonchev–Trinajstić information content (AvgIpc) is 2.23. The predicted octanol–water partition coefficient (Wildman–Crippen LogP) is 0.837. The molecule has 84 valence electrons. The summed E-state index contributed by atoms with van der Waals surface area (Å²) < 4.78 is 0. The van der Waals surface area contributed by atoms with Crippen LogP contribution in [0.25, 0.3) is 0 Å². The van der Waals surface area contributed by atoms with Crippen molar-refractivity contribution in [3.63, 3.8) is 0 Å². The second-order valence-corrected chi connectivity index (χ2v) is 3.52. The minimum absolute atomic E-state index is 0.186. The third-order valence-electron chi connectivity index (χ3n) is 2.13. The Morgan fingerprint density at radius 3 is 2.44 bits per heavy atom. The molecule has 0 aromatic heterocycles. The number of benzene rings is 1. The van der Waals surface area contributed by atoms with Gasteiger partial charge in [-0.1, -0.05) is 0 Å². The molecule has 1 aromatic carbocycles. The first kappa shape index (κ1) is 11.9. The van der Waals surface area contributed by atoms with Crippen LogP contribution < -0.4 is 11.5 Å². The van der Waals surface area contributed by atoms with E-state index in [4.69, 9.17) is 16.7 Å². The van der Waals surface area contributed by atoms with Gasteiger partial charge in [0.25, 0.3) is 5.91 Å². The monoisotopic (exact) mass is 218 g/mol. The maximum absolute atomic E-state index is 11.9. The molecule has 1 amide bonds. The predicted molar refractivity (Wildman–Crippen MR) is 62.5 cm³/mol. The molecule has 4 N–H and O–H groups in total. The number of nitrogens with zero attached hydrogens (tertiary/aromatic N) is 2. The number of nitrogen functional groups attached to an aromatic ring is 2. The van der Waals surface area contributed by atoms with Crippen LogP contribution >= 0.6 is 0 Å². The van der Waals surface area contributed by atoms with Crippen molar-refractivity contribution in [1.82, 2.24) is 4.90 Å². The molecule has 0 aliphatic carbocycles. The zero-order valence-electron chi connectivity index (χ0n) is 9.10. The van der Waals surface area contributed by atoms with Gasteiger partial charge in [-0.05, 0) is 18.2 Å². The topological polar surface area (TPSA) is 96.1 Å².